The summed E-state index contributed by atoms with van der Waals surface area (Å²) >= 11 is 12.9. The van der Waals surface area contributed by atoms with Crippen molar-refractivity contribution in [2.75, 3.05) is 0 Å². The molecule has 0 bridgehead atoms. The topological polar surface area (TPSA) is 12.0 Å². The number of benzene rings is 2. The molecule has 1 unspecified atom stereocenters. The standard InChI is InChI=1S/C15H14Br2ClN/c1-10(11-2-5-13(16)6-3-11)19-9-12-4-7-14(18)8-15(12)17/h2-8,10,19H,9H2,1H3. The minimum absolute atomic E-state index is 0.302. The average molecular weight is 404 g/mol. The van der Waals surface area contributed by atoms with Gasteiger partial charge in [0.05, 0.1) is 0 Å². The second kappa shape index (κ2) is 6.89. The van der Waals surface area contributed by atoms with Crippen LogP contribution in [-0.2, 0) is 6.54 Å². The SMILES string of the molecule is CC(NCc1ccc(Cl)cc1Br)c1ccc(Br)cc1. The molecule has 0 heterocycles. The normalized spacial score (nSPS) is 12.4. The first-order valence-corrected chi connectivity index (χ1v) is 7.95. The molecule has 0 radical (unpaired) electrons. The predicted octanol–water partition coefficient (Wildman–Crippen LogP) is 5.72. The molecule has 0 saturated heterocycles. The highest BCUT2D eigenvalue weighted by molar-refractivity contribution is 9.10. The molecule has 0 amide bonds. The lowest BCUT2D eigenvalue weighted by Crippen LogP contribution is -2.18. The zero-order valence-electron chi connectivity index (χ0n) is 10.5. The zero-order chi connectivity index (χ0) is 13.8. The molecule has 2 aromatic rings. The van der Waals surface area contributed by atoms with Crippen LogP contribution in [0.1, 0.15) is 24.1 Å². The molecule has 1 atom stereocenters. The van der Waals surface area contributed by atoms with Gasteiger partial charge in [0.25, 0.3) is 0 Å². The van der Waals surface area contributed by atoms with Crippen LogP contribution in [0.15, 0.2) is 51.4 Å². The summed E-state index contributed by atoms with van der Waals surface area (Å²) in [5, 5.41) is 4.25. The Morgan fingerprint density at radius 1 is 1.11 bits per heavy atom. The minimum atomic E-state index is 0.302. The van der Waals surface area contributed by atoms with Crippen LogP contribution >= 0.6 is 43.5 Å². The molecule has 0 fully saturated rings. The van der Waals surface area contributed by atoms with E-state index in [4.69, 9.17) is 11.6 Å². The van der Waals surface area contributed by atoms with E-state index in [-0.39, 0.29) is 0 Å². The fraction of sp³-hybridized carbons (Fsp3) is 0.200. The van der Waals surface area contributed by atoms with E-state index in [1.165, 1.54) is 11.1 Å². The maximum Gasteiger partial charge on any atom is 0.0417 e. The zero-order valence-corrected chi connectivity index (χ0v) is 14.4. The van der Waals surface area contributed by atoms with E-state index in [9.17, 15) is 0 Å². The van der Waals surface area contributed by atoms with E-state index in [1.807, 2.05) is 18.2 Å². The van der Waals surface area contributed by atoms with Gasteiger partial charge < -0.3 is 5.32 Å². The molecule has 0 aliphatic rings. The summed E-state index contributed by atoms with van der Waals surface area (Å²) in [6.45, 7) is 2.96. The van der Waals surface area contributed by atoms with Crippen LogP contribution in [0.2, 0.25) is 5.02 Å². The Morgan fingerprint density at radius 3 is 2.42 bits per heavy atom. The van der Waals surface area contributed by atoms with Gasteiger partial charge in [0.15, 0.2) is 0 Å². The molecular weight excluding hydrogens is 389 g/mol. The van der Waals surface area contributed by atoms with Gasteiger partial charge in [0.2, 0.25) is 0 Å². The molecule has 0 spiro atoms. The monoisotopic (exact) mass is 401 g/mol. The second-order valence-corrected chi connectivity index (χ2v) is 6.60. The summed E-state index contributed by atoms with van der Waals surface area (Å²) in [4.78, 5) is 0. The molecule has 4 heteroatoms. The third-order valence-electron chi connectivity index (χ3n) is 2.98. The number of halogens is 3. The molecule has 0 aliphatic heterocycles. The van der Waals surface area contributed by atoms with Crippen molar-refractivity contribution in [3.05, 3.63) is 67.6 Å². The number of hydrogen-bond acceptors (Lipinski definition) is 1. The Hall–Kier alpha value is -0.350. The van der Waals surface area contributed by atoms with Crippen LogP contribution in [0.3, 0.4) is 0 Å². The minimum Gasteiger partial charge on any atom is -0.306 e. The van der Waals surface area contributed by atoms with Gasteiger partial charge in [-0.1, -0.05) is 61.7 Å². The van der Waals surface area contributed by atoms with Crippen molar-refractivity contribution >= 4 is 43.5 Å². The van der Waals surface area contributed by atoms with Gasteiger partial charge in [0, 0.05) is 26.6 Å². The van der Waals surface area contributed by atoms with E-state index in [0.717, 1.165) is 20.5 Å². The third kappa shape index (κ3) is 4.32. The molecule has 19 heavy (non-hydrogen) atoms. The molecule has 100 valence electrons. The quantitative estimate of drug-likeness (QED) is 0.689. The lowest BCUT2D eigenvalue weighted by atomic mass is 10.1. The van der Waals surface area contributed by atoms with Crippen LogP contribution in [0.25, 0.3) is 0 Å². The van der Waals surface area contributed by atoms with Crippen LogP contribution in [0, 0.1) is 0 Å². The van der Waals surface area contributed by atoms with Gasteiger partial charge in [0.1, 0.15) is 0 Å². The third-order valence-corrected chi connectivity index (χ3v) is 4.49. The summed E-state index contributed by atoms with van der Waals surface area (Å²) < 4.78 is 2.14. The highest BCUT2D eigenvalue weighted by atomic mass is 79.9. The van der Waals surface area contributed by atoms with Crippen LogP contribution in [0.5, 0.6) is 0 Å². The summed E-state index contributed by atoms with van der Waals surface area (Å²) in [7, 11) is 0. The van der Waals surface area contributed by atoms with Crippen molar-refractivity contribution in [3.8, 4) is 0 Å². The Morgan fingerprint density at radius 2 is 1.79 bits per heavy atom. The Kier molecular flexibility index (Phi) is 5.46. The van der Waals surface area contributed by atoms with Crippen molar-refractivity contribution in [2.45, 2.75) is 19.5 Å². The lowest BCUT2D eigenvalue weighted by molar-refractivity contribution is 0.573. The van der Waals surface area contributed by atoms with Gasteiger partial charge in [-0.05, 0) is 42.3 Å². The molecule has 2 aromatic carbocycles. The molecule has 1 nitrogen and oxygen atoms in total. The number of rotatable bonds is 4. The van der Waals surface area contributed by atoms with Crippen LogP contribution in [-0.4, -0.2) is 0 Å². The highest BCUT2D eigenvalue weighted by Crippen LogP contribution is 2.23. The van der Waals surface area contributed by atoms with Gasteiger partial charge >= 0.3 is 0 Å². The number of nitrogens with one attached hydrogen (secondary N) is 1. The summed E-state index contributed by atoms with van der Waals surface area (Å²) in [6.07, 6.45) is 0. The lowest BCUT2D eigenvalue weighted by Gasteiger charge is -2.15. The first-order chi connectivity index (χ1) is 9.06. The van der Waals surface area contributed by atoms with Crippen molar-refractivity contribution in [1.29, 1.82) is 0 Å². The van der Waals surface area contributed by atoms with Crippen molar-refractivity contribution < 1.29 is 0 Å². The van der Waals surface area contributed by atoms with Gasteiger partial charge in [-0.3, -0.25) is 0 Å². The van der Waals surface area contributed by atoms with E-state index in [0.29, 0.717) is 6.04 Å². The predicted molar refractivity (Wildman–Crippen MR) is 88.5 cm³/mol. The largest absolute Gasteiger partial charge is 0.306 e. The summed E-state index contributed by atoms with van der Waals surface area (Å²) in [6, 6.07) is 14.5. The van der Waals surface area contributed by atoms with Gasteiger partial charge in [-0.25, -0.2) is 0 Å². The fourth-order valence-electron chi connectivity index (χ4n) is 1.80. The summed E-state index contributed by atoms with van der Waals surface area (Å²) in [5.74, 6) is 0. The van der Waals surface area contributed by atoms with Crippen LogP contribution in [0.4, 0.5) is 0 Å². The smallest absolute Gasteiger partial charge is 0.0417 e. The first-order valence-electron chi connectivity index (χ1n) is 5.99. The molecule has 1 N–H and O–H groups in total. The van der Waals surface area contributed by atoms with E-state index in [1.54, 1.807) is 0 Å². The molecule has 0 aromatic heterocycles. The van der Waals surface area contributed by atoms with Crippen molar-refractivity contribution in [1.82, 2.24) is 5.32 Å². The average Bonchev–Trinajstić information content (AvgIpc) is 2.38. The maximum absolute atomic E-state index is 5.94. The summed E-state index contributed by atoms with van der Waals surface area (Å²) in [5.41, 5.74) is 2.47. The Labute approximate surface area is 135 Å². The van der Waals surface area contributed by atoms with Crippen LogP contribution < -0.4 is 5.32 Å². The van der Waals surface area contributed by atoms with Crippen molar-refractivity contribution in [2.24, 2.45) is 0 Å². The van der Waals surface area contributed by atoms with Gasteiger partial charge in [-0.2, -0.15) is 0 Å². The van der Waals surface area contributed by atoms with E-state index >= 15 is 0 Å². The van der Waals surface area contributed by atoms with E-state index < -0.39 is 0 Å². The number of hydrogen-bond donors (Lipinski definition) is 1. The first kappa shape index (κ1) is 15.0. The van der Waals surface area contributed by atoms with Crippen molar-refractivity contribution in [3.63, 3.8) is 0 Å². The van der Waals surface area contributed by atoms with E-state index in [2.05, 4.69) is 68.4 Å². The second-order valence-electron chi connectivity index (χ2n) is 4.39. The molecule has 0 saturated carbocycles. The maximum atomic E-state index is 5.94. The highest BCUT2D eigenvalue weighted by Gasteiger charge is 2.06. The Balaban J connectivity index is 2.00. The Bertz CT molecular complexity index is 555. The molecule has 2 rings (SSSR count). The molecular formula is C15H14Br2ClN. The molecule has 0 aliphatic carbocycles. The fourth-order valence-corrected chi connectivity index (χ4v) is 2.88. The van der Waals surface area contributed by atoms with Gasteiger partial charge in [-0.15, -0.1) is 0 Å².